The zero-order valence-corrected chi connectivity index (χ0v) is 12.8. The predicted octanol–water partition coefficient (Wildman–Crippen LogP) is 1.55. The summed E-state index contributed by atoms with van der Waals surface area (Å²) in [5.41, 5.74) is -0.0672. The van der Waals surface area contributed by atoms with Gasteiger partial charge in [0, 0.05) is 18.2 Å². The Morgan fingerprint density at radius 2 is 2.09 bits per heavy atom. The third kappa shape index (κ3) is 2.97. The summed E-state index contributed by atoms with van der Waals surface area (Å²) in [6.07, 6.45) is 5.77. The summed E-state index contributed by atoms with van der Waals surface area (Å²) in [6, 6.07) is 4.97. The molecule has 1 aromatic carbocycles. The van der Waals surface area contributed by atoms with Crippen LogP contribution < -0.4 is 16.6 Å². The van der Waals surface area contributed by atoms with Gasteiger partial charge in [-0.2, -0.15) is 0 Å². The summed E-state index contributed by atoms with van der Waals surface area (Å²) in [7, 11) is 0. The molecule has 0 saturated heterocycles. The van der Waals surface area contributed by atoms with Gasteiger partial charge in [0.2, 0.25) is 0 Å². The summed E-state index contributed by atoms with van der Waals surface area (Å²) in [5.74, 6) is -0.171. The lowest BCUT2D eigenvalue weighted by Gasteiger charge is -2.12. The molecule has 0 bridgehead atoms. The Balaban J connectivity index is 1.97. The fourth-order valence-electron chi connectivity index (χ4n) is 3.03. The molecule has 1 aliphatic rings. The molecule has 0 aliphatic heterocycles. The van der Waals surface area contributed by atoms with E-state index in [1.165, 1.54) is 6.08 Å². The minimum Gasteiger partial charge on any atom is -0.349 e. The van der Waals surface area contributed by atoms with Crippen molar-refractivity contribution < 1.29 is 4.79 Å². The van der Waals surface area contributed by atoms with Gasteiger partial charge in [0.15, 0.2) is 0 Å². The summed E-state index contributed by atoms with van der Waals surface area (Å²) in [6.45, 7) is 3.69. The topological polar surface area (TPSA) is 84.0 Å². The summed E-state index contributed by atoms with van der Waals surface area (Å²) >= 11 is 0. The van der Waals surface area contributed by atoms with Gasteiger partial charge in [0.25, 0.3) is 11.5 Å². The third-order valence-corrected chi connectivity index (χ3v) is 4.25. The molecule has 1 heterocycles. The van der Waals surface area contributed by atoms with Crippen molar-refractivity contribution in [1.82, 2.24) is 14.9 Å². The number of allylic oxidation sites excluding steroid dienone is 1. The van der Waals surface area contributed by atoms with Gasteiger partial charge in [0.05, 0.1) is 10.9 Å². The van der Waals surface area contributed by atoms with E-state index in [-0.39, 0.29) is 24.1 Å². The van der Waals surface area contributed by atoms with Crippen LogP contribution in [0.25, 0.3) is 10.9 Å². The molecule has 2 N–H and O–H groups in total. The first-order valence-corrected chi connectivity index (χ1v) is 7.79. The minimum atomic E-state index is -0.504. The molecule has 23 heavy (non-hydrogen) atoms. The van der Waals surface area contributed by atoms with Crippen molar-refractivity contribution in [3.8, 4) is 0 Å². The maximum atomic E-state index is 12.3. The first-order valence-electron chi connectivity index (χ1n) is 7.79. The molecule has 120 valence electrons. The molecular weight excluding hydrogens is 294 g/mol. The van der Waals surface area contributed by atoms with Crippen molar-refractivity contribution in [3.05, 3.63) is 57.3 Å². The van der Waals surface area contributed by atoms with Gasteiger partial charge in [-0.25, -0.2) is 4.79 Å². The van der Waals surface area contributed by atoms with Crippen LogP contribution in [-0.4, -0.2) is 21.5 Å². The number of rotatable bonds is 4. The molecule has 1 aliphatic carbocycles. The molecule has 0 radical (unpaired) electrons. The highest BCUT2D eigenvalue weighted by Crippen LogP contribution is 2.18. The second kappa shape index (κ2) is 6.24. The zero-order chi connectivity index (χ0) is 16.4. The molecular formula is C17H19N3O3. The number of benzene rings is 1. The van der Waals surface area contributed by atoms with Gasteiger partial charge in [0.1, 0.15) is 0 Å². The van der Waals surface area contributed by atoms with Crippen molar-refractivity contribution in [2.75, 3.05) is 0 Å². The van der Waals surface area contributed by atoms with Gasteiger partial charge in [-0.3, -0.25) is 14.2 Å². The summed E-state index contributed by atoms with van der Waals surface area (Å²) in [4.78, 5) is 39.2. The molecule has 1 fully saturated rings. The average molecular weight is 313 g/mol. The number of H-pyrrole nitrogens is 1. The number of amides is 1. The van der Waals surface area contributed by atoms with E-state index in [2.05, 4.69) is 16.9 Å². The van der Waals surface area contributed by atoms with Crippen LogP contribution in [0.5, 0.6) is 0 Å². The molecule has 0 spiro atoms. The molecule has 0 atom stereocenters. The lowest BCUT2D eigenvalue weighted by Crippen LogP contribution is -2.35. The SMILES string of the molecule is C=CCn1c(=O)[nH]c2cc(C(=O)NC3CCCC3)ccc2c1=O. The first kappa shape index (κ1) is 15.3. The number of nitrogens with zero attached hydrogens (tertiary/aromatic N) is 1. The van der Waals surface area contributed by atoms with Gasteiger partial charge in [-0.15, -0.1) is 6.58 Å². The lowest BCUT2D eigenvalue weighted by molar-refractivity contribution is 0.0938. The number of hydrogen-bond acceptors (Lipinski definition) is 3. The summed E-state index contributed by atoms with van der Waals surface area (Å²) in [5, 5.41) is 3.37. The normalized spacial score (nSPS) is 15.0. The smallest absolute Gasteiger partial charge is 0.329 e. The van der Waals surface area contributed by atoms with Crippen LogP contribution in [0.15, 0.2) is 40.4 Å². The van der Waals surface area contributed by atoms with E-state index < -0.39 is 5.69 Å². The van der Waals surface area contributed by atoms with Crippen molar-refractivity contribution >= 4 is 16.8 Å². The number of carbonyl (C=O) groups excluding carboxylic acids is 1. The highest BCUT2D eigenvalue weighted by molar-refractivity contribution is 5.97. The van der Waals surface area contributed by atoms with Crippen molar-refractivity contribution in [3.63, 3.8) is 0 Å². The Kier molecular flexibility index (Phi) is 4.14. The van der Waals surface area contributed by atoms with Crippen LogP contribution in [0, 0.1) is 0 Å². The van der Waals surface area contributed by atoms with Crippen LogP contribution in [0.3, 0.4) is 0 Å². The maximum Gasteiger partial charge on any atom is 0.329 e. The lowest BCUT2D eigenvalue weighted by atomic mass is 10.1. The largest absolute Gasteiger partial charge is 0.349 e. The fraction of sp³-hybridized carbons (Fsp3) is 0.353. The van der Waals surface area contributed by atoms with Crippen LogP contribution in [0.4, 0.5) is 0 Å². The Bertz CT molecular complexity index is 873. The van der Waals surface area contributed by atoms with Crippen LogP contribution in [0.2, 0.25) is 0 Å². The number of aromatic amines is 1. The van der Waals surface area contributed by atoms with Crippen molar-refractivity contribution in [2.45, 2.75) is 38.3 Å². The highest BCUT2D eigenvalue weighted by atomic mass is 16.2. The Morgan fingerprint density at radius 3 is 2.78 bits per heavy atom. The van der Waals surface area contributed by atoms with Crippen molar-refractivity contribution in [2.24, 2.45) is 0 Å². The Labute approximate surface area is 132 Å². The van der Waals surface area contributed by atoms with Crippen LogP contribution >= 0.6 is 0 Å². The maximum absolute atomic E-state index is 12.3. The Morgan fingerprint density at radius 1 is 1.35 bits per heavy atom. The van der Waals surface area contributed by atoms with Crippen LogP contribution in [0.1, 0.15) is 36.0 Å². The number of carbonyl (C=O) groups is 1. The number of fused-ring (bicyclic) bond motifs is 1. The molecule has 2 aromatic rings. The van der Waals surface area contributed by atoms with Gasteiger partial charge >= 0.3 is 5.69 Å². The van der Waals surface area contributed by atoms with E-state index in [1.54, 1.807) is 18.2 Å². The van der Waals surface area contributed by atoms with Gasteiger partial charge in [-0.05, 0) is 31.0 Å². The number of aromatic nitrogens is 2. The fourth-order valence-corrected chi connectivity index (χ4v) is 3.03. The van der Waals surface area contributed by atoms with E-state index in [4.69, 9.17) is 0 Å². The molecule has 1 aromatic heterocycles. The zero-order valence-electron chi connectivity index (χ0n) is 12.8. The highest BCUT2D eigenvalue weighted by Gasteiger charge is 2.18. The predicted molar refractivity (Wildman–Crippen MR) is 88.7 cm³/mol. The minimum absolute atomic E-state index is 0.147. The first-order chi connectivity index (χ1) is 11.1. The quantitative estimate of drug-likeness (QED) is 0.840. The van der Waals surface area contributed by atoms with E-state index in [0.29, 0.717) is 16.5 Å². The van der Waals surface area contributed by atoms with Crippen molar-refractivity contribution in [1.29, 1.82) is 0 Å². The number of hydrogen-bond donors (Lipinski definition) is 2. The molecule has 1 saturated carbocycles. The van der Waals surface area contributed by atoms with Gasteiger partial charge in [-0.1, -0.05) is 18.9 Å². The van der Waals surface area contributed by atoms with E-state index >= 15 is 0 Å². The van der Waals surface area contributed by atoms with Crippen LogP contribution in [-0.2, 0) is 6.54 Å². The van der Waals surface area contributed by atoms with E-state index in [0.717, 1.165) is 30.3 Å². The molecule has 1 amide bonds. The Hall–Kier alpha value is -2.63. The second-order valence-electron chi connectivity index (χ2n) is 5.85. The molecule has 0 unspecified atom stereocenters. The van der Waals surface area contributed by atoms with Gasteiger partial charge < -0.3 is 10.3 Å². The molecule has 3 rings (SSSR count). The summed E-state index contributed by atoms with van der Waals surface area (Å²) < 4.78 is 1.08. The monoisotopic (exact) mass is 313 g/mol. The third-order valence-electron chi connectivity index (χ3n) is 4.25. The molecule has 6 nitrogen and oxygen atoms in total. The standard InChI is InChI=1S/C17H19N3O3/c1-2-9-20-16(22)13-8-7-11(10-14(13)19-17(20)23)15(21)18-12-5-3-4-6-12/h2,7-8,10,12H,1,3-6,9H2,(H,18,21)(H,19,23). The molecule has 6 heteroatoms. The average Bonchev–Trinajstić information content (AvgIpc) is 3.03. The van der Waals surface area contributed by atoms with E-state index in [1.807, 2.05) is 0 Å². The number of nitrogens with one attached hydrogen (secondary N) is 2. The second-order valence-corrected chi connectivity index (χ2v) is 5.85. The van der Waals surface area contributed by atoms with E-state index in [9.17, 15) is 14.4 Å².